The van der Waals surface area contributed by atoms with Gasteiger partial charge in [-0.2, -0.15) is 8.75 Å². The molecule has 0 radical (unpaired) electrons. The quantitative estimate of drug-likeness (QED) is 0.506. The van der Waals surface area contributed by atoms with Crippen molar-refractivity contribution in [2.45, 2.75) is 0 Å². The smallest absolute Gasteiger partial charge is 0.150 e. The van der Waals surface area contributed by atoms with E-state index in [1.165, 1.54) is 11.7 Å². The number of fused-ring (bicyclic) bond motifs is 1. The van der Waals surface area contributed by atoms with Crippen LogP contribution >= 0.6 is 11.7 Å². The van der Waals surface area contributed by atoms with Crippen LogP contribution in [0.4, 0.5) is 0 Å². The highest BCUT2D eigenvalue weighted by Gasteiger charge is 2.12. The van der Waals surface area contributed by atoms with E-state index in [0.717, 1.165) is 45.9 Å². The van der Waals surface area contributed by atoms with Gasteiger partial charge in [0, 0.05) is 11.1 Å². The fourth-order valence-corrected chi connectivity index (χ4v) is 3.30. The van der Waals surface area contributed by atoms with Crippen LogP contribution in [-0.2, 0) is 0 Å². The fraction of sp³-hybridized carbons (Fsp3) is 0. The molecule has 120 valence electrons. The van der Waals surface area contributed by atoms with Gasteiger partial charge in [0.1, 0.15) is 23.6 Å². The lowest BCUT2D eigenvalue weighted by Gasteiger charge is -2.11. The lowest BCUT2D eigenvalue weighted by atomic mass is 9.93. The number of carbonyl (C=O) groups is 2. The minimum atomic E-state index is 0.636. The van der Waals surface area contributed by atoms with Crippen LogP contribution in [0.2, 0.25) is 0 Å². The summed E-state index contributed by atoms with van der Waals surface area (Å²) in [5, 5.41) is 0. The van der Waals surface area contributed by atoms with E-state index in [1.54, 1.807) is 24.3 Å². The molecule has 0 amide bonds. The molecule has 0 atom stereocenters. The highest BCUT2D eigenvalue weighted by molar-refractivity contribution is 7.00. The lowest BCUT2D eigenvalue weighted by molar-refractivity contribution is 0.111. The number of aromatic nitrogens is 2. The molecule has 4 rings (SSSR count). The predicted molar refractivity (Wildman–Crippen MR) is 99.1 cm³/mol. The van der Waals surface area contributed by atoms with Crippen LogP contribution in [0.5, 0.6) is 0 Å². The molecule has 0 aliphatic rings. The van der Waals surface area contributed by atoms with Crippen molar-refractivity contribution in [3.05, 3.63) is 71.8 Å². The van der Waals surface area contributed by atoms with Gasteiger partial charge < -0.3 is 0 Å². The summed E-state index contributed by atoms with van der Waals surface area (Å²) in [6.07, 6.45) is 1.66. The number of hydrogen-bond donors (Lipinski definition) is 0. The first kappa shape index (κ1) is 15.4. The highest BCUT2D eigenvalue weighted by Crippen LogP contribution is 2.35. The zero-order valence-corrected chi connectivity index (χ0v) is 13.9. The maximum Gasteiger partial charge on any atom is 0.150 e. The van der Waals surface area contributed by atoms with Crippen molar-refractivity contribution in [1.29, 1.82) is 0 Å². The highest BCUT2D eigenvalue weighted by atomic mass is 32.1. The van der Waals surface area contributed by atoms with Gasteiger partial charge in [-0.25, -0.2) is 0 Å². The van der Waals surface area contributed by atoms with Crippen molar-refractivity contribution in [3.63, 3.8) is 0 Å². The van der Waals surface area contributed by atoms with Crippen LogP contribution < -0.4 is 0 Å². The molecule has 25 heavy (non-hydrogen) atoms. The zero-order valence-electron chi connectivity index (χ0n) is 13.0. The molecule has 0 saturated carbocycles. The second-order valence-electron chi connectivity index (χ2n) is 5.63. The maximum absolute atomic E-state index is 10.9. The Labute approximate surface area is 148 Å². The molecule has 0 N–H and O–H groups in total. The van der Waals surface area contributed by atoms with Crippen LogP contribution in [0, 0.1) is 0 Å². The molecule has 0 aliphatic heterocycles. The first-order chi connectivity index (χ1) is 12.3. The van der Waals surface area contributed by atoms with E-state index in [1.807, 2.05) is 36.4 Å². The number of nitrogens with zero attached hydrogens (tertiary/aromatic N) is 2. The van der Waals surface area contributed by atoms with E-state index < -0.39 is 0 Å². The normalized spacial score (nSPS) is 10.7. The number of carbonyl (C=O) groups excluding carboxylic acids is 2. The molecule has 0 spiro atoms. The Hall–Kier alpha value is -3.18. The van der Waals surface area contributed by atoms with Gasteiger partial charge in [0.05, 0.1) is 11.7 Å². The Morgan fingerprint density at radius 3 is 1.40 bits per heavy atom. The average Bonchev–Trinajstić information content (AvgIpc) is 3.15. The Morgan fingerprint density at radius 1 is 0.640 bits per heavy atom. The third-order valence-electron chi connectivity index (χ3n) is 4.11. The van der Waals surface area contributed by atoms with Gasteiger partial charge in [-0.1, -0.05) is 48.5 Å². The second-order valence-corrected chi connectivity index (χ2v) is 6.16. The monoisotopic (exact) mass is 344 g/mol. The summed E-state index contributed by atoms with van der Waals surface area (Å²) in [7, 11) is 0. The van der Waals surface area contributed by atoms with Gasteiger partial charge in [0.25, 0.3) is 0 Å². The van der Waals surface area contributed by atoms with Gasteiger partial charge in [0.15, 0.2) is 0 Å². The van der Waals surface area contributed by atoms with Crippen LogP contribution in [-0.4, -0.2) is 21.3 Å². The minimum absolute atomic E-state index is 0.636. The van der Waals surface area contributed by atoms with Crippen molar-refractivity contribution < 1.29 is 9.59 Å². The Morgan fingerprint density at radius 2 is 1.04 bits per heavy atom. The summed E-state index contributed by atoms with van der Waals surface area (Å²) in [4.78, 5) is 21.8. The summed E-state index contributed by atoms with van der Waals surface area (Å²) in [6, 6.07) is 18.9. The Kier molecular flexibility index (Phi) is 3.91. The molecule has 4 nitrogen and oxygen atoms in total. The number of rotatable bonds is 4. The van der Waals surface area contributed by atoms with Crippen LogP contribution in [0.3, 0.4) is 0 Å². The van der Waals surface area contributed by atoms with Crippen molar-refractivity contribution in [2.24, 2.45) is 0 Å². The first-order valence-electron chi connectivity index (χ1n) is 7.66. The molecule has 4 aromatic rings. The summed E-state index contributed by atoms with van der Waals surface area (Å²) < 4.78 is 8.66. The van der Waals surface area contributed by atoms with E-state index in [0.29, 0.717) is 11.1 Å². The van der Waals surface area contributed by atoms with E-state index in [2.05, 4.69) is 8.75 Å². The summed E-state index contributed by atoms with van der Waals surface area (Å²) >= 11 is 1.18. The van der Waals surface area contributed by atoms with E-state index in [4.69, 9.17) is 0 Å². The van der Waals surface area contributed by atoms with Gasteiger partial charge in [-0.05, 0) is 34.4 Å². The molecule has 3 aromatic carbocycles. The Balaban J connectivity index is 1.93. The first-order valence-corrected chi connectivity index (χ1v) is 8.39. The van der Waals surface area contributed by atoms with E-state index in [9.17, 15) is 9.59 Å². The second kappa shape index (κ2) is 6.37. The SMILES string of the molecule is O=Cc1ccc(-c2cc3nsnc3cc2-c2ccc(C=O)cc2)cc1. The molecule has 0 fully saturated rings. The van der Waals surface area contributed by atoms with E-state index in [-0.39, 0.29) is 0 Å². The molecular formula is C20H12N2O2S. The summed E-state index contributed by atoms with van der Waals surface area (Å²) in [5.74, 6) is 0. The van der Waals surface area contributed by atoms with Crippen LogP contribution in [0.1, 0.15) is 20.7 Å². The lowest BCUT2D eigenvalue weighted by Crippen LogP contribution is -1.88. The molecule has 0 aliphatic carbocycles. The maximum atomic E-state index is 10.9. The standard InChI is InChI=1S/C20H12N2O2S/c23-11-13-1-5-15(6-2-13)17-9-19-20(22-25-21-19)10-18(17)16-7-3-14(12-24)4-8-16/h1-12H. The molecule has 1 aromatic heterocycles. The fourth-order valence-electron chi connectivity index (χ4n) is 2.79. The average molecular weight is 344 g/mol. The topological polar surface area (TPSA) is 59.9 Å². The largest absolute Gasteiger partial charge is 0.298 e. The third kappa shape index (κ3) is 2.86. The van der Waals surface area contributed by atoms with E-state index >= 15 is 0 Å². The predicted octanol–water partition coefficient (Wildman–Crippen LogP) is 4.65. The molecule has 0 unspecified atom stereocenters. The van der Waals surface area contributed by atoms with Gasteiger partial charge in [-0.15, -0.1) is 0 Å². The molecule has 5 heteroatoms. The summed E-state index contributed by atoms with van der Waals surface area (Å²) in [5.41, 5.74) is 6.97. The number of benzene rings is 3. The third-order valence-corrected chi connectivity index (χ3v) is 4.67. The van der Waals surface area contributed by atoms with Crippen molar-refractivity contribution in [2.75, 3.05) is 0 Å². The van der Waals surface area contributed by atoms with Gasteiger partial charge >= 0.3 is 0 Å². The van der Waals surface area contributed by atoms with Crippen molar-refractivity contribution in [3.8, 4) is 22.3 Å². The molecular weight excluding hydrogens is 332 g/mol. The van der Waals surface area contributed by atoms with Crippen molar-refractivity contribution in [1.82, 2.24) is 8.75 Å². The molecule has 0 saturated heterocycles. The molecule has 1 heterocycles. The minimum Gasteiger partial charge on any atom is -0.298 e. The Bertz CT molecular complexity index is 982. The van der Waals surface area contributed by atoms with Crippen molar-refractivity contribution >= 4 is 35.3 Å². The zero-order chi connectivity index (χ0) is 17.2. The number of hydrogen-bond acceptors (Lipinski definition) is 5. The summed E-state index contributed by atoms with van der Waals surface area (Å²) in [6.45, 7) is 0. The van der Waals surface area contributed by atoms with Gasteiger partial charge in [-0.3, -0.25) is 9.59 Å². The van der Waals surface area contributed by atoms with Gasteiger partial charge in [0.2, 0.25) is 0 Å². The molecule has 0 bridgehead atoms. The van der Waals surface area contributed by atoms with Crippen LogP contribution in [0.25, 0.3) is 33.3 Å². The number of aldehydes is 2. The van der Waals surface area contributed by atoms with Crippen LogP contribution in [0.15, 0.2) is 60.7 Å².